The van der Waals surface area contributed by atoms with Crippen molar-refractivity contribution in [3.05, 3.63) is 64.9 Å². The van der Waals surface area contributed by atoms with Gasteiger partial charge in [0.1, 0.15) is 5.82 Å². The summed E-state index contributed by atoms with van der Waals surface area (Å²) in [6.45, 7) is 1.88. The zero-order chi connectivity index (χ0) is 15.4. The number of aliphatic carboxylic acids is 1. The van der Waals surface area contributed by atoms with Crippen LogP contribution in [0.25, 0.3) is 0 Å². The Balaban J connectivity index is 0.00000242. The van der Waals surface area contributed by atoms with E-state index in [2.05, 4.69) is 0 Å². The first-order valence-electron chi connectivity index (χ1n) is 6.45. The zero-order valence-electron chi connectivity index (χ0n) is 12.4. The molecule has 0 radical (unpaired) electrons. The quantitative estimate of drug-likeness (QED) is 0.707. The largest absolute Gasteiger partial charge is 1.00 e. The van der Waals surface area contributed by atoms with E-state index in [1.54, 1.807) is 4.90 Å². The van der Waals surface area contributed by atoms with E-state index in [-0.39, 0.29) is 23.9 Å². The summed E-state index contributed by atoms with van der Waals surface area (Å²) < 4.78 is 13.3. The third kappa shape index (κ3) is 4.51. The smallest absolute Gasteiger partial charge is 0.548 e. The number of halogens is 2. The second-order valence-electron chi connectivity index (χ2n) is 4.71. The van der Waals surface area contributed by atoms with E-state index >= 15 is 0 Å². The molecule has 0 amide bonds. The van der Waals surface area contributed by atoms with Gasteiger partial charge in [-0.1, -0.05) is 41.9 Å². The predicted molar refractivity (Wildman–Crippen MR) is 78.5 cm³/mol. The molecule has 6 heteroatoms. The minimum atomic E-state index is -1.20. The first-order valence-corrected chi connectivity index (χ1v) is 6.83. The van der Waals surface area contributed by atoms with Crippen molar-refractivity contribution in [1.29, 1.82) is 0 Å². The molecule has 0 spiro atoms. The van der Waals surface area contributed by atoms with Crippen molar-refractivity contribution in [3.8, 4) is 0 Å². The molecule has 3 nitrogen and oxygen atoms in total. The second-order valence-corrected chi connectivity index (χ2v) is 5.11. The molecule has 0 unspecified atom stereocenters. The van der Waals surface area contributed by atoms with Gasteiger partial charge in [0.2, 0.25) is 0 Å². The van der Waals surface area contributed by atoms with Crippen molar-refractivity contribution in [1.82, 2.24) is 0 Å². The molecule has 2 rings (SSSR count). The van der Waals surface area contributed by atoms with Crippen molar-refractivity contribution in [3.63, 3.8) is 0 Å². The first kappa shape index (κ1) is 18.6. The van der Waals surface area contributed by atoms with Crippen molar-refractivity contribution < 1.29 is 33.2 Å². The summed E-state index contributed by atoms with van der Waals surface area (Å²) in [4.78, 5) is 12.8. The Morgan fingerprint density at radius 1 is 1.27 bits per heavy atom. The van der Waals surface area contributed by atoms with E-state index < -0.39 is 17.8 Å². The number of rotatable bonds is 5. The molecule has 0 bridgehead atoms. The van der Waals surface area contributed by atoms with Gasteiger partial charge in [0.05, 0.1) is 17.0 Å². The average molecular weight is 314 g/mol. The van der Waals surface area contributed by atoms with Crippen molar-refractivity contribution in [2.75, 3.05) is 4.90 Å². The van der Waals surface area contributed by atoms with Crippen molar-refractivity contribution in [2.24, 2.45) is 0 Å². The average Bonchev–Trinajstić information content (AvgIpc) is 2.48. The van der Waals surface area contributed by atoms with Crippen LogP contribution in [0.1, 0.15) is 12.5 Å². The minimum Gasteiger partial charge on any atom is -0.548 e. The van der Waals surface area contributed by atoms with Gasteiger partial charge in [-0.3, -0.25) is 0 Å². The van der Waals surface area contributed by atoms with Gasteiger partial charge in [-0.15, -0.1) is 0 Å². The Bertz CT molecular complexity index is 639. The molecule has 0 heterocycles. The van der Waals surface area contributed by atoms with Gasteiger partial charge in [-0.25, -0.2) is 4.39 Å². The minimum absolute atomic E-state index is 0. The molecule has 0 aromatic heterocycles. The molecule has 110 valence electrons. The predicted octanol–water partition coefficient (Wildman–Crippen LogP) is -0.372. The van der Waals surface area contributed by atoms with Gasteiger partial charge >= 0.3 is 18.9 Å². The number of nitrogens with zero attached hydrogens (tertiary/aromatic N) is 1. The van der Waals surface area contributed by atoms with Crippen LogP contribution in [-0.2, 0) is 11.3 Å². The van der Waals surface area contributed by atoms with Crippen molar-refractivity contribution >= 4 is 23.3 Å². The van der Waals surface area contributed by atoms with Gasteiger partial charge in [-0.05, 0) is 30.7 Å². The number of carboxylic acid groups (broad SMARTS) is 1. The van der Waals surface area contributed by atoms with Crippen LogP contribution in [0.5, 0.6) is 0 Å². The van der Waals surface area contributed by atoms with E-state index in [0.29, 0.717) is 12.2 Å². The normalized spacial score (nSPS) is 11.4. The maximum atomic E-state index is 13.3. The van der Waals surface area contributed by atoms with Crippen LogP contribution in [0, 0.1) is 5.82 Å². The molecule has 22 heavy (non-hydrogen) atoms. The standard InChI is InChI=1S/C16H15ClFNO2.Li/c1-11(16(20)21)19(10-12-5-3-2-4-6-12)13-7-8-15(18)14(17)9-13;/h2-9,11H,10H2,1H3,(H,20,21);/q;+1/p-1/t11-;/m0./s1. The van der Waals surface area contributed by atoms with Crippen LogP contribution in [0.3, 0.4) is 0 Å². The summed E-state index contributed by atoms with van der Waals surface area (Å²) in [5.74, 6) is -1.74. The zero-order valence-corrected chi connectivity index (χ0v) is 13.2. The molecule has 0 aliphatic heterocycles. The molecule has 1 atom stereocenters. The van der Waals surface area contributed by atoms with E-state index in [1.807, 2.05) is 30.3 Å². The van der Waals surface area contributed by atoms with Gasteiger partial charge in [-0.2, -0.15) is 0 Å². The molecule has 0 saturated carbocycles. The van der Waals surface area contributed by atoms with Crippen molar-refractivity contribution in [2.45, 2.75) is 19.5 Å². The number of hydrogen-bond acceptors (Lipinski definition) is 3. The first-order chi connectivity index (χ1) is 9.99. The fourth-order valence-corrected chi connectivity index (χ4v) is 2.20. The van der Waals surface area contributed by atoms with Crippen LogP contribution in [0.15, 0.2) is 48.5 Å². The summed E-state index contributed by atoms with van der Waals surface area (Å²) >= 11 is 5.78. The molecule has 2 aromatic rings. The van der Waals surface area contributed by atoms with E-state index in [0.717, 1.165) is 5.56 Å². The molecule has 0 N–H and O–H groups in total. The fourth-order valence-electron chi connectivity index (χ4n) is 2.02. The summed E-state index contributed by atoms with van der Waals surface area (Å²) in [5, 5.41) is 11.2. The van der Waals surface area contributed by atoms with Crippen LogP contribution >= 0.6 is 11.6 Å². The maximum Gasteiger partial charge on any atom is 1.00 e. The molecule has 0 aliphatic carbocycles. The Morgan fingerprint density at radius 3 is 2.45 bits per heavy atom. The Morgan fingerprint density at radius 2 is 1.91 bits per heavy atom. The summed E-state index contributed by atoms with van der Waals surface area (Å²) in [6.07, 6.45) is 0. The Labute approximate surface area is 145 Å². The van der Waals surface area contributed by atoms with Crippen LogP contribution in [-0.4, -0.2) is 12.0 Å². The van der Waals surface area contributed by atoms with Gasteiger partial charge in [0, 0.05) is 12.2 Å². The number of hydrogen-bond donors (Lipinski definition) is 0. The molecule has 0 fully saturated rings. The van der Waals surface area contributed by atoms with Gasteiger partial charge in [0.25, 0.3) is 0 Å². The number of carboxylic acids is 1. The molecular weight excluding hydrogens is 300 g/mol. The summed E-state index contributed by atoms with van der Waals surface area (Å²) in [5.41, 5.74) is 1.47. The topological polar surface area (TPSA) is 43.4 Å². The van der Waals surface area contributed by atoms with E-state index in [1.165, 1.54) is 25.1 Å². The number of carbonyl (C=O) groups is 1. The van der Waals surface area contributed by atoms with Crippen LogP contribution < -0.4 is 28.9 Å². The Hall–Kier alpha value is -1.47. The number of benzene rings is 2. The van der Waals surface area contributed by atoms with E-state index in [9.17, 15) is 14.3 Å². The number of anilines is 1. The SMILES string of the molecule is C[C@@H](C(=O)[O-])N(Cc1ccccc1)c1ccc(F)c(Cl)c1.[Li+]. The fraction of sp³-hybridized carbons (Fsp3) is 0.188. The number of carbonyl (C=O) groups excluding carboxylic acids is 1. The van der Waals surface area contributed by atoms with Crippen LogP contribution in [0.4, 0.5) is 10.1 Å². The van der Waals surface area contributed by atoms with E-state index in [4.69, 9.17) is 11.6 Å². The Kier molecular flexibility index (Phi) is 6.95. The molecule has 2 aromatic carbocycles. The van der Waals surface area contributed by atoms with Gasteiger partial charge in [0.15, 0.2) is 0 Å². The summed E-state index contributed by atoms with van der Waals surface area (Å²) in [7, 11) is 0. The summed E-state index contributed by atoms with van der Waals surface area (Å²) in [6, 6.07) is 12.7. The molecule has 0 aliphatic rings. The second kappa shape index (κ2) is 8.24. The molecular formula is C16H14ClFLiNO2. The third-order valence-corrected chi connectivity index (χ3v) is 3.53. The third-order valence-electron chi connectivity index (χ3n) is 3.24. The maximum absolute atomic E-state index is 13.3. The monoisotopic (exact) mass is 313 g/mol. The van der Waals surface area contributed by atoms with Gasteiger partial charge < -0.3 is 14.8 Å². The van der Waals surface area contributed by atoms with Crippen LogP contribution in [0.2, 0.25) is 5.02 Å². The molecule has 0 saturated heterocycles.